The van der Waals surface area contributed by atoms with E-state index in [1.165, 1.54) is 0 Å². The molecule has 1 amide bonds. The summed E-state index contributed by atoms with van der Waals surface area (Å²) in [6.45, 7) is 4.84. The van der Waals surface area contributed by atoms with E-state index < -0.39 is 5.69 Å². The van der Waals surface area contributed by atoms with Gasteiger partial charge in [0, 0.05) is 13.2 Å². The van der Waals surface area contributed by atoms with Crippen LogP contribution in [0.2, 0.25) is 0 Å². The first-order valence-electron chi connectivity index (χ1n) is 7.54. The van der Waals surface area contributed by atoms with Crippen molar-refractivity contribution in [1.82, 2.24) is 25.1 Å². The second kappa shape index (κ2) is 8.23. The molecule has 0 bridgehead atoms. The van der Waals surface area contributed by atoms with Crippen LogP contribution in [0.25, 0.3) is 5.69 Å². The van der Waals surface area contributed by atoms with Crippen LogP contribution in [0.3, 0.4) is 0 Å². The van der Waals surface area contributed by atoms with Crippen LogP contribution in [-0.4, -0.2) is 45.0 Å². The molecular formula is C15H21N5O3. The molecule has 23 heavy (non-hydrogen) atoms. The van der Waals surface area contributed by atoms with Gasteiger partial charge in [0.2, 0.25) is 5.91 Å². The Kier molecular flexibility index (Phi) is 6.04. The molecule has 0 spiro atoms. The van der Waals surface area contributed by atoms with Gasteiger partial charge in [-0.15, -0.1) is 0 Å². The van der Waals surface area contributed by atoms with Gasteiger partial charge in [-0.25, -0.2) is 4.79 Å². The SMILES string of the molecule is CC(C)OCCCNC(=O)Cn1nnn(-c2ccccc2)c1=O. The number of carbonyl (C=O) groups is 1. The molecule has 0 aliphatic rings. The minimum Gasteiger partial charge on any atom is -0.379 e. The van der Waals surface area contributed by atoms with Gasteiger partial charge in [0.1, 0.15) is 6.54 Å². The van der Waals surface area contributed by atoms with Crippen LogP contribution >= 0.6 is 0 Å². The lowest BCUT2D eigenvalue weighted by Crippen LogP contribution is -2.34. The lowest BCUT2D eigenvalue weighted by molar-refractivity contribution is -0.121. The summed E-state index contributed by atoms with van der Waals surface area (Å²) in [6.07, 6.45) is 0.896. The number of benzene rings is 1. The fourth-order valence-corrected chi connectivity index (χ4v) is 1.92. The molecule has 8 heteroatoms. The number of para-hydroxylation sites is 1. The smallest absolute Gasteiger partial charge is 0.368 e. The standard InChI is InChI=1S/C15H21N5O3/c1-12(2)23-10-6-9-16-14(21)11-19-15(22)20(18-17-19)13-7-4-3-5-8-13/h3-5,7-8,12H,6,9-11H2,1-2H3,(H,16,21). The average molecular weight is 319 g/mol. The summed E-state index contributed by atoms with van der Waals surface area (Å²) in [5.74, 6) is -0.281. The predicted molar refractivity (Wildman–Crippen MR) is 84.3 cm³/mol. The number of ether oxygens (including phenoxy) is 1. The highest BCUT2D eigenvalue weighted by Gasteiger charge is 2.11. The number of hydrogen-bond donors (Lipinski definition) is 1. The maximum atomic E-state index is 12.2. The van der Waals surface area contributed by atoms with E-state index in [1.54, 1.807) is 24.3 Å². The third-order valence-corrected chi connectivity index (χ3v) is 3.03. The fourth-order valence-electron chi connectivity index (χ4n) is 1.92. The highest BCUT2D eigenvalue weighted by molar-refractivity contribution is 5.75. The Hall–Kier alpha value is -2.48. The van der Waals surface area contributed by atoms with E-state index >= 15 is 0 Å². The molecule has 0 unspecified atom stereocenters. The van der Waals surface area contributed by atoms with Crippen LogP contribution in [0.15, 0.2) is 35.1 Å². The van der Waals surface area contributed by atoms with Gasteiger partial charge in [0.05, 0.1) is 11.8 Å². The lowest BCUT2D eigenvalue weighted by Gasteiger charge is -2.07. The van der Waals surface area contributed by atoms with Gasteiger partial charge in [-0.2, -0.15) is 9.36 Å². The predicted octanol–water partition coefficient (Wildman–Crippen LogP) is 0.360. The molecule has 0 aliphatic heterocycles. The van der Waals surface area contributed by atoms with E-state index in [2.05, 4.69) is 15.7 Å². The summed E-state index contributed by atoms with van der Waals surface area (Å²) in [7, 11) is 0. The molecule has 1 aromatic heterocycles. The number of hydrogen-bond acceptors (Lipinski definition) is 5. The van der Waals surface area contributed by atoms with Crippen LogP contribution < -0.4 is 11.0 Å². The third kappa shape index (κ3) is 5.03. The Balaban J connectivity index is 1.85. The maximum Gasteiger partial charge on any atom is 0.368 e. The number of nitrogens with one attached hydrogen (secondary N) is 1. The van der Waals surface area contributed by atoms with Crippen molar-refractivity contribution >= 4 is 5.91 Å². The summed E-state index contributed by atoms with van der Waals surface area (Å²) in [5.41, 5.74) is 0.157. The molecule has 1 heterocycles. The van der Waals surface area contributed by atoms with Gasteiger partial charge in [-0.3, -0.25) is 4.79 Å². The molecular weight excluding hydrogens is 298 g/mol. The Morgan fingerprint density at radius 1 is 1.26 bits per heavy atom. The zero-order chi connectivity index (χ0) is 16.7. The van der Waals surface area contributed by atoms with E-state index in [4.69, 9.17) is 4.74 Å². The van der Waals surface area contributed by atoms with Crippen molar-refractivity contribution in [2.24, 2.45) is 0 Å². The van der Waals surface area contributed by atoms with Crippen molar-refractivity contribution < 1.29 is 9.53 Å². The highest BCUT2D eigenvalue weighted by Crippen LogP contribution is 2.00. The summed E-state index contributed by atoms with van der Waals surface area (Å²) in [4.78, 5) is 24.0. The zero-order valence-corrected chi connectivity index (χ0v) is 13.3. The van der Waals surface area contributed by atoms with E-state index in [-0.39, 0.29) is 18.6 Å². The quantitative estimate of drug-likeness (QED) is 0.709. The van der Waals surface area contributed by atoms with Gasteiger partial charge in [-0.05, 0) is 42.8 Å². The molecule has 0 saturated heterocycles. The normalized spacial score (nSPS) is 10.9. The minimum absolute atomic E-state index is 0.156. The van der Waals surface area contributed by atoms with Gasteiger partial charge >= 0.3 is 5.69 Å². The van der Waals surface area contributed by atoms with Crippen LogP contribution in [0.1, 0.15) is 20.3 Å². The number of aromatic nitrogens is 4. The van der Waals surface area contributed by atoms with Gasteiger partial charge in [0.15, 0.2) is 0 Å². The van der Waals surface area contributed by atoms with Crippen molar-refractivity contribution in [2.75, 3.05) is 13.2 Å². The molecule has 0 fully saturated rings. The summed E-state index contributed by atoms with van der Waals surface area (Å²) < 4.78 is 7.57. The van der Waals surface area contributed by atoms with Gasteiger partial charge < -0.3 is 10.1 Å². The Labute approximate surface area is 134 Å². The highest BCUT2D eigenvalue weighted by atomic mass is 16.5. The van der Waals surface area contributed by atoms with E-state index in [1.807, 2.05) is 19.9 Å². The minimum atomic E-state index is -0.450. The molecule has 124 valence electrons. The molecule has 0 saturated carbocycles. The number of carbonyl (C=O) groups excluding carboxylic acids is 1. The van der Waals surface area contributed by atoms with Crippen LogP contribution in [0.5, 0.6) is 0 Å². The van der Waals surface area contributed by atoms with Crippen molar-refractivity contribution in [3.63, 3.8) is 0 Å². The average Bonchev–Trinajstić information content (AvgIpc) is 2.88. The summed E-state index contributed by atoms with van der Waals surface area (Å²) >= 11 is 0. The third-order valence-electron chi connectivity index (χ3n) is 3.03. The Morgan fingerprint density at radius 2 is 2.00 bits per heavy atom. The van der Waals surface area contributed by atoms with Crippen LogP contribution in [0.4, 0.5) is 0 Å². The fraction of sp³-hybridized carbons (Fsp3) is 0.467. The number of tetrazole rings is 1. The molecule has 0 atom stereocenters. The molecule has 8 nitrogen and oxygen atoms in total. The van der Waals surface area contributed by atoms with E-state index in [9.17, 15) is 9.59 Å². The second-order valence-corrected chi connectivity index (χ2v) is 5.29. The second-order valence-electron chi connectivity index (χ2n) is 5.29. The van der Waals surface area contributed by atoms with E-state index in [0.717, 1.165) is 15.8 Å². The van der Waals surface area contributed by atoms with Gasteiger partial charge in [0.25, 0.3) is 0 Å². The molecule has 2 aromatic rings. The number of amides is 1. The zero-order valence-electron chi connectivity index (χ0n) is 13.3. The molecule has 1 aromatic carbocycles. The molecule has 2 rings (SSSR count). The molecule has 0 aliphatic carbocycles. The topological polar surface area (TPSA) is 91.0 Å². The van der Waals surface area contributed by atoms with Crippen molar-refractivity contribution in [3.05, 3.63) is 40.8 Å². The van der Waals surface area contributed by atoms with Crippen LogP contribution in [-0.2, 0) is 16.1 Å². The Morgan fingerprint density at radius 3 is 2.70 bits per heavy atom. The number of rotatable bonds is 8. The molecule has 0 radical (unpaired) electrons. The monoisotopic (exact) mass is 319 g/mol. The van der Waals surface area contributed by atoms with E-state index in [0.29, 0.717) is 18.8 Å². The van der Waals surface area contributed by atoms with Crippen molar-refractivity contribution in [1.29, 1.82) is 0 Å². The van der Waals surface area contributed by atoms with Crippen molar-refractivity contribution in [2.45, 2.75) is 32.9 Å². The summed E-state index contributed by atoms with van der Waals surface area (Å²) in [6, 6.07) is 8.93. The maximum absolute atomic E-state index is 12.2. The first kappa shape index (κ1) is 16.9. The Bertz CT molecular complexity index is 678. The van der Waals surface area contributed by atoms with Crippen molar-refractivity contribution in [3.8, 4) is 5.69 Å². The first-order chi connectivity index (χ1) is 11.1. The van der Waals surface area contributed by atoms with Gasteiger partial charge in [-0.1, -0.05) is 18.2 Å². The van der Waals surface area contributed by atoms with Crippen LogP contribution in [0, 0.1) is 0 Å². The summed E-state index contributed by atoms with van der Waals surface area (Å²) in [5, 5.41) is 10.2. The molecule has 1 N–H and O–H groups in total. The lowest BCUT2D eigenvalue weighted by atomic mass is 10.3. The largest absolute Gasteiger partial charge is 0.379 e. The first-order valence-corrected chi connectivity index (χ1v) is 7.54. The number of nitrogens with zero attached hydrogens (tertiary/aromatic N) is 4.